The Morgan fingerprint density at radius 2 is 1.71 bits per heavy atom. The van der Waals surface area contributed by atoms with Crippen molar-refractivity contribution in [1.82, 2.24) is 19.6 Å². The number of carboxylic acids is 1. The molecule has 5 aromatic rings. The lowest BCUT2D eigenvalue weighted by Crippen LogP contribution is -2.03. The number of hydrogen-bond donors (Lipinski definition) is 3. The second kappa shape index (κ2) is 10.3. The molecular formula is C27H24N6O5. The van der Waals surface area contributed by atoms with Crippen LogP contribution in [0.5, 0.6) is 17.4 Å². The number of hydrogen-bond acceptors (Lipinski definition) is 9. The second-order valence-electron chi connectivity index (χ2n) is 8.10. The normalized spacial score (nSPS) is 10.7. The monoisotopic (exact) mass is 512 g/mol. The molecule has 0 radical (unpaired) electrons. The maximum atomic E-state index is 11.4. The highest BCUT2D eigenvalue weighted by Gasteiger charge is 2.14. The molecule has 0 saturated carbocycles. The van der Waals surface area contributed by atoms with Crippen LogP contribution in [0.15, 0.2) is 73.1 Å². The zero-order valence-corrected chi connectivity index (χ0v) is 20.8. The molecule has 192 valence electrons. The van der Waals surface area contributed by atoms with Gasteiger partial charge in [0.15, 0.2) is 11.4 Å². The standard InChI is InChI=1S/C27H24N6O5/c1-36-22-9-10-24(31-26(22)38-3)30-21-15-20(32-33-12-11-28-25(21)33)16-5-4-6-17(13-16)29-18-7-8-19(27(34)35)23(14-18)37-2/h4-15,29H,1-3H3,(H,30,31)(H,34,35). The number of fused-ring (bicyclic) bond motifs is 1. The van der Waals surface area contributed by atoms with Gasteiger partial charge in [0.05, 0.1) is 32.7 Å². The molecule has 0 amide bonds. The lowest BCUT2D eigenvalue weighted by atomic mass is 10.1. The number of imidazole rings is 1. The van der Waals surface area contributed by atoms with Crippen molar-refractivity contribution >= 4 is 34.5 Å². The summed E-state index contributed by atoms with van der Waals surface area (Å²) in [6.45, 7) is 0. The molecule has 0 fully saturated rings. The molecule has 0 atom stereocenters. The molecule has 0 saturated heterocycles. The average Bonchev–Trinajstić information content (AvgIpc) is 3.42. The first-order valence-electron chi connectivity index (χ1n) is 11.5. The quantitative estimate of drug-likeness (QED) is 0.248. The first-order chi connectivity index (χ1) is 18.5. The molecule has 3 N–H and O–H groups in total. The fourth-order valence-corrected chi connectivity index (χ4v) is 3.96. The molecule has 3 aromatic heterocycles. The third-order valence-electron chi connectivity index (χ3n) is 5.74. The van der Waals surface area contributed by atoms with Gasteiger partial charge < -0.3 is 30.0 Å². The van der Waals surface area contributed by atoms with Gasteiger partial charge in [-0.25, -0.2) is 14.3 Å². The highest BCUT2D eigenvalue weighted by molar-refractivity contribution is 5.91. The summed E-state index contributed by atoms with van der Waals surface area (Å²) in [7, 11) is 4.53. The summed E-state index contributed by atoms with van der Waals surface area (Å²) in [5, 5.41) is 20.6. The molecule has 11 nitrogen and oxygen atoms in total. The predicted molar refractivity (Wildman–Crippen MR) is 142 cm³/mol. The third-order valence-corrected chi connectivity index (χ3v) is 5.74. The zero-order valence-electron chi connectivity index (χ0n) is 20.8. The molecule has 0 aliphatic rings. The number of rotatable bonds is 9. The fourth-order valence-electron chi connectivity index (χ4n) is 3.96. The molecule has 0 unspecified atom stereocenters. The van der Waals surface area contributed by atoms with Gasteiger partial charge in [0.2, 0.25) is 0 Å². The third kappa shape index (κ3) is 4.85. The summed E-state index contributed by atoms with van der Waals surface area (Å²) >= 11 is 0. The zero-order chi connectivity index (χ0) is 26.6. The van der Waals surface area contributed by atoms with E-state index in [4.69, 9.17) is 19.3 Å². The number of aromatic nitrogens is 4. The number of methoxy groups -OCH3 is 3. The Bertz CT molecular complexity index is 1630. The Kier molecular flexibility index (Phi) is 6.64. The second-order valence-corrected chi connectivity index (χ2v) is 8.10. The first-order valence-corrected chi connectivity index (χ1v) is 11.5. The largest absolute Gasteiger partial charge is 0.496 e. The van der Waals surface area contributed by atoms with E-state index in [0.717, 1.165) is 11.3 Å². The van der Waals surface area contributed by atoms with Gasteiger partial charge in [-0.3, -0.25) is 0 Å². The van der Waals surface area contributed by atoms with Crippen molar-refractivity contribution in [3.8, 4) is 28.6 Å². The number of nitrogens with one attached hydrogen (secondary N) is 2. The highest BCUT2D eigenvalue weighted by atomic mass is 16.5. The van der Waals surface area contributed by atoms with Crippen LogP contribution < -0.4 is 24.8 Å². The minimum Gasteiger partial charge on any atom is -0.496 e. The molecule has 0 aliphatic carbocycles. The Morgan fingerprint density at radius 3 is 2.47 bits per heavy atom. The summed E-state index contributed by atoms with van der Waals surface area (Å²) < 4.78 is 17.5. The van der Waals surface area contributed by atoms with Gasteiger partial charge >= 0.3 is 5.97 Å². The van der Waals surface area contributed by atoms with Crippen molar-refractivity contribution in [2.75, 3.05) is 32.0 Å². The predicted octanol–water partition coefficient (Wildman–Crippen LogP) is 5.00. The molecule has 5 rings (SSSR count). The Balaban J connectivity index is 1.47. The Labute approximate surface area is 217 Å². The molecular weight excluding hydrogens is 488 g/mol. The summed E-state index contributed by atoms with van der Waals surface area (Å²) in [4.78, 5) is 20.3. The van der Waals surface area contributed by atoms with E-state index >= 15 is 0 Å². The van der Waals surface area contributed by atoms with E-state index in [1.165, 1.54) is 20.3 Å². The van der Waals surface area contributed by atoms with Crippen molar-refractivity contribution < 1.29 is 24.1 Å². The van der Waals surface area contributed by atoms with Gasteiger partial charge in [0.1, 0.15) is 17.1 Å². The van der Waals surface area contributed by atoms with E-state index in [-0.39, 0.29) is 11.3 Å². The van der Waals surface area contributed by atoms with Crippen LogP contribution in [0.4, 0.5) is 22.9 Å². The van der Waals surface area contributed by atoms with Crippen LogP contribution in [-0.2, 0) is 0 Å². The maximum absolute atomic E-state index is 11.4. The summed E-state index contributed by atoms with van der Waals surface area (Å²) in [5.74, 6) is 0.658. The van der Waals surface area contributed by atoms with Crippen molar-refractivity contribution in [1.29, 1.82) is 0 Å². The van der Waals surface area contributed by atoms with E-state index in [9.17, 15) is 9.90 Å². The maximum Gasteiger partial charge on any atom is 0.339 e. The van der Waals surface area contributed by atoms with Gasteiger partial charge in [0, 0.05) is 35.4 Å². The van der Waals surface area contributed by atoms with Crippen molar-refractivity contribution in [3.63, 3.8) is 0 Å². The van der Waals surface area contributed by atoms with Gasteiger partial charge in [-0.15, -0.1) is 0 Å². The number of nitrogens with zero attached hydrogens (tertiary/aromatic N) is 4. The molecule has 2 aromatic carbocycles. The van der Waals surface area contributed by atoms with Crippen LogP contribution in [0.3, 0.4) is 0 Å². The van der Waals surface area contributed by atoms with E-state index in [1.54, 1.807) is 48.3 Å². The minimum absolute atomic E-state index is 0.0913. The number of pyridine rings is 1. The van der Waals surface area contributed by atoms with E-state index in [2.05, 4.69) is 20.6 Å². The number of carbonyl (C=O) groups is 1. The Hall–Kier alpha value is -5.32. The number of ether oxygens (including phenoxy) is 3. The number of aromatic carboxylic acids is 1. The molecule has 0 spiro atoms. The van der Waals surface area contributed by atoms with Crippen molar-refractivity contribution in [3.05, 3.63) is 78.6 Å². The lowest BCUT2D eigenvalue weighted by Gasteiger charge is -2.13. The SMILES string of the molecule is COc1cc(Nc2cccc(-c3cc(Nc4ccc(OC)c(OC)n4)c4nccn4n3)c2)ccc1C(=O)O. The number of anilines is 4. The van der Waals surface area contributed by atoms with E-state index < -0.39 is 5.97 Å². The van der Waals surface area contributed by atoms with Crippen LogP contribution in [0, 0.1) is 0 Å². The average molecular weight is 513 g/mol. The van der Waals surface area contributed by atoms with Crippen LogP contribution >= 0.6 is 0 Å². The Morgan fingerprint density at radius 1 is 0.895 bits per heavy atom. The molecule has 0 aliphatic heterocycles. The summed E-state index contributed by atoms with van der Waals surface area (Å²) in [6.07, 6.45) is 3.44. The number of benzene rings is 2. The molecule has 3 heterocycles. The lowest BCUT2D eigenvalue weighted by molar-refractivity contribution is 0.0693. The molecule has 0 bridgehead atoms. The topological polar surface area (TPSA) is 132 Å². The van der Waals surface area contributed by atoms with Crippen LogP contribution in [0.25, 0.3) is 16.9 Å². The van der Waals surface area contributed by atoms with E-state index in [1.807, 2.05) is 30.3 Å². The fraction of sp³-hybridized carbons (Fsp3) is 0.111. The van der Waals surface area contributed by atoms with Gasteiger partial charge in [-0.1, -0.05) is 12.1 Å². The molecule has 11 heteroatoms. The van der Waals surface area contributed by atoms with Crippen LogP contribution in [0.1, 0.15) is 10.4 Å². The van der Waals surface area contributed by atoms with Crippen molar-refractivity contribution in [2.24, 2.45) is 0 Å². The minimum atomic E-state index is -1.05. The summed E-state index contributed by atoms with van der Waals surface area (Å²) in [5.41, 5.74) is 4.44. The summed E-state index contributed by atoms with van der Waals surface area (Å²) in [6, 6.07) is 18.0. The van der Waals surface area contributed by atoms with Crippen LogP contribution in [0.2, 0.25) is 0 Å². The van der Waals surface area contributed by atoms with Gasteiger partial charge in [0.25, 0.3) is 5.88 Å². The molecule has 38 heavy (non-hydrogen) atoms. The smallest absolute Gasteiger partial charge is 0.339 e. The van der Waals surface area contributed by atoms with E-state index in [0.29, 0.717) is 40.2 Å². The van der Waals surface area contributed by atoms with Crippen molar-refractivity contribution in [2.45, 2.75) is 0 Å². The first kappa shape index (κ1) is 24.4. The van der Waals surface area contributed by atoms with Crippen LogP contribution in [-0.4, -0.2) is 52.0 Å². The highest BCUT2D eigenvalue weighted by Crippen LogP contribution is 2.31. The number of carboxylic acid groups (broad SMARTS) is 1. The van der Waals surface area contributed by atoms with Gasteiger partial charge in [-0.05, 0) is 42.5 Å². The van der Waals surface area contributed by atoms with Gasteiger partial charge in [-0.2, -0.15) is 10.1 Å².